The van der Waals surface area contributed by atoms with Gasteiger partial charge in [-0.25, -0.2) is 4.98 Å². The minimum absolute atomic E-state index is 0.0416. The summed E-state index contributed by atoms with van der Waals surface area (Å²) in [6.45, 7) is 0. The average molecular weight is 267 g/mol. The van der Waals surface area contributed by atoms with Crippen molar-refractivity contribution in [3.63, 3.8) is 0 Å². The second-order valence-corrected chi connectivity index (χ2v) is 4.58. The number of fused-ring (bicyclic) bond motifs is 1. The van der Waals surface area contributed by atoms with Crippen LogP contribution in [0, 0.1) is 0 Å². The third-order valence-electron chi connectivity index (χ3n) is 3.19. The first-order chi connectivity index (χ1) is 9.65. The molecule has 0 fully saturated rings. The number of nitrogens with zero attached hydrogens (tertiary/aromatic N) is 1. The monoisotopic (exact) mass is 267 g/mol. The smallest absolute Gasteiger partial charge is 0.256 e. The molecule has 0 spiro atoms. The third kappa shape index (κ3) is 2.09. The summed E-state index contributed by atoms with van der Waals surface area (Å²) >= 11 is 0. The van der Waals surface area contributed by atoms with E-state index in [4.69, 9.17) is 5.73 Å². The number of H-pyrrole nitrogens is 1. The summed E-state index contributed by atoms with van der Waals surface area (Å²) in [5, 5.41) is 10.8. The van der Waals surface area contributed by atoms with Crippen molar-refractivity contribution in [1.29, 1.82) is 0 Å². The van der Waals surface area contributed by atoms with Gasteiger partial charge in [0.25, 0.3) is 5.56 Å². The number of nitrogens with two attached hydrogens (primary N) is 1. The summed E-state index contributed by atoms with van der Waals surface area (Å²) in [5.41, 5.74) is 6.80. The SMILES string of the molecule is Nc1ccc2c(O)c(Cc3ccccc3)c(=O)[nH]c2n1. The molecule has 0 bridgehead atoms. The molecule has 0 aliphatic carbocycles. The molecule has 0 unspecified atom stereocenters. The van der Waals surface area contributed by atoms with Gasteiger partial charge >= 0.3 is 0 Å². The standard InChI is InChI=1S/C15H13N3O2/c16-12-7-6-10-13(19)11(15(20)18-14(10)17-12)8-9-4-2-1-3-5-9/h1-7H,8H2,(H4,16,17,18,19,20). The minimum atomic E-state index is -0.350. The number of aromatic hydroxyl groups is 1. The van der Waals surface area contributed by atoms with Gasteiger partial charge in [-0.15, -0.1) is 0 Å². The lowest BCUT2D eigenvalue weighted by atomic mass is 10.0. The van der Waals surface area contributed by atoms with Crippen molar-refractivity contribution in [1.82, 2.24) is 9.97 Å². The Morgan fingerprint density at radius 2 is 1.90 bits per heavy atom. The van der Waals surface area contributed by atoms with E-state index in [1.165, 1.54) is 0 Å². The van der Waals surface area contributed by atoms with Gasteiger partial charge in [0.15, 0.2) is 0 Å². The number of aromatic amines is 1. The highest BCUT2D eigenvalue weighted by Gasteiger charge is 2.13. The number of benzene rings is 1. The van der Waals surface area contributed by atoms with Crippen molar-refractivity contribution in [3.05, 3.63) is 63.9 Å². The molecule has 3 rings (SSSR count). The molecule has 0 aliphatic rings. The van der Waals surface area contributed by atoms with E-state index in [1.807, 2.05) is 30.3 Å². The summed E-state index contributed by atoms with van der Waals surface area (Å²) in [4.78, 5) is 18.7. The first kappa shape index (κ1) is 12.2. The van der Waals surface area contributed by atoms with Crippen LogP contribution in [0.3, 0.4) is 0 Å². The van der Waals surface area contributed by atoms with Crippen LogP contribution in [0.1, 0.15) is 11.1 Å². The Morgan fingerprint density at radius 1 is 1.15 bits per heavy atom. The van der Waals surface area contributed by atoms with Crippen LogP contribution in [-0.4, -0.2) is 15.1 Å². The van der Waals surface area contributed by atoms with E-state index >= 15 is 0 Å². The summed E-state index contributed by atoms with van der Waals surface area (Å²) < 4.78 is 0. The molecule has 0 amide bonds. The van der Waals surface area contributed by atoms with E-state index in [0.29, 0.717) is 28.8 Å². The Kier molecular flexibility index (Phi) is 2.87. The van der Waals surface area contributed by atoms with Gasteiger partial charge < -0.3 is 15.8 Å². The Morgan fingerprint density at radius 3 is 2.65 bits per heavy atom. The van der Waals surface area contributed by atoms with Crippen molar-refractivity contribution >= 4 is 16.9 Å². The lowest BCUT2D eigenvalue weighted by Crippen LogP contribution is -2.14. The Labute approximate surface area is 114 Å². The van der Waals surface area contributed by atoms with Crippen LogP contribution >= 0.6 is 0 Å². The largest absolute Gasteiger partial charge is 0.507 e. The number of nitrogens with one attached hydrogen (secondary N) is 1. The van der Waals surface area contributed by atoms with Crippen molar-refractivity contribution in [3.8, 4) is 5.75 Å². The van der Waals surface area contributed by atoms with E-state index in [1.54, 1.807) is 12.1 Å². The maximum absolute atomic E-state index is 12.1. The van der Waals surface area contributed by atoms with E-state index < -0.39 is 0 Å². The van der Waals surface area contributed by atoms with Gasteiger partial charge in [-0.2, -0.15) is 0 Å². The number of anilines is 1. The highest BCUT2D eigenvalue weighted by molar-refractivity contribution is 5.84. The number of nitrogen functional groups attached to an aromatic ring is 1. The number of hydrogen-bond acceptors (Lipinski definition) is 4. The van der Waals surface area contributed by atoms with Crippen molar-refractivity contribution < 1.29 is 5.11 Å². The molecule has 100 valence electrons. The van der Waals surface area contributed by atoms with Gasteiger partial charge in [-0.05, 0) is 17.7 Å². The fraction of sp³-hybridized carbons (Fsp3) is 0.0667. The molecule has 5 heteroatoms. The lowest BCUT2D eigenvalue weighted by Gasteiger charge is -2.07. The molecule has 2 aromatic heterocycles. The van der Waals surface area contributed by atoms with Crippen LogP contribution in [0.2, 0.25) is 0 Å². The maximum atomic E-state index is 12.1. The van der Waals surface area contributed by atoms with Gasteiger partial charge in [-0.1, -0.05) is 30.3 Å². The van der Waals surface area contributed by atoms with Crippen molar-refractivity contribution in [2.75, 3.05) is 5.73 Å². The highest BCUT2D eigenvalue weighted by Crippen LogP contribution is 2.25. The molecule has 1 aromatic carbocycles. The second kappa shape index (κ2) is 4.70. The van der Waals surface area contributed by atoms with Gasteiger partial charge in [0.05, 0.1) is 10.9 Å². The van der Waals surface area contributed by atoms with E-state index in [9.17, 15) is 9.90 Å². The predicted molar refractivity (Wildman–Crippen MR) is 77.7 cm³/mol. The molecular weight excluding hydrogens is 254 g/mol. The number of pyridine rings is 2. The molecule has 0 aliphatic heterocycles. The quantitative estimate of drug-likeness (QED) is 0.660. The Hall–Kier alpha value is -2.82. The molecular formula is C15H13N3O2. The second-order valence-electron chi connectivity index (χ2n) is 4.58. The van der Waals surface area contributed by atoms with Crippen LogP contribution < -0.4 is 11.3 Å². The molecule has 4 N–H and O–H groups in total. The molecule has 0 saturated carbocycles. The van der Waals surface area contributed by atoms with Crippen molar-refractivity contribution in [2.24, 2.45) is 0 Å². The predicted octanol–water partition coefficient (Wildman–Crippen LogP) is 1.80. The first-order valence-corrected chi connectivity index (χ1v) is 6.19. The average Bonchev–Trinajstić information content (AvgIpc) is 2.44. The fourth-order valence-electron chi connectivity index (χ4n) is 2.18. The van der Waals surface area contributed by atoms with Crippen LogP contribution in [0.15, 0.2) is 47.3 Å². The Bertz CT molecular complexity index is 826. The van der Waals surface area contributed by atoms with Crippen LogP contribution in [0.5, 0.6) is 5.75 Å². The van der Waals surface area contributed by atoms with Gasteiger partial charge in [0.2, 0.25) is 0 Å². The van der Waals surface area contributed by atoms with Crippen LogP contribution in [0.4, 0.5) is 5.82 Å². The molecule has 0 saturated heterocycles. The number of aromatic nitrogens is 2. The summed E-state index contributed by atoms with van der Waals surface area (Å²) in [5.74, 6) is 0.253. The summed E-state index contributed by atoms with van der Waals surface area (Å²) in [7, 11) is 0. The molecule has 2 heterocycles. The normalized spacial score (nSPS) is 10.8. The Balaban J connectivity index is 2.16. The van der Waals surface area contributed by atoms with Gasteiger partial charge in [0.1, 0.15) is 17.2 Å². The zero-order valence-electron chi connectivity index (χ0n) is 10.6. The topological polar surface area (TPSA) is 92.0 Å². The zero-order chi connectivity index (χ0) is 14.1. The number of rotatable bonds is 2. The first-order valence-electron chi connectivity index (χ1n) is 6.19. The third-order valence-corrected chi connectivity index (χ3v) is 3.19. The van der Waals surface area contributed by atoms with E-state index in [0.717, 1.165) is 5.56 Å². The van der Waals surface area contributed by atoms with Gasteiger partial charge in [0, 0.05) is 6.42 Å². The minimum Gasteiger partial charge on any atom is -0.507 e. The van der Waals surface area contributed by atoms with E-state index in [2.05, 4.69) is 9.97 Å². The van der Waals surface area contributed by atoms with Crippen LogP contribution in [0.25, 0.3) is 11.0 Å². The molecule has 0 radical (unpaired) electrons. The number of hydrogen-bond donors (Lipinski definition) is 3. The lowest BCUT2D eigenvalue weighted by molar-refractivity contribution is 0.474. The summed E-state index contributed by atoms with van der Waals surface area (Å²) in [6, 6.07) is 12.7. The molecule has 20 heavy (non-hydrogen) atoms. The van der Waals surface area contributed by atoms with Crippen LogP contribution in [-0.2, 0) is 6.42 Å². The maximum Gasteiger partial charge on any atom is 0.256 e. The highest BCUT2D eigenvalue weighted by atomic mass is 16.3. The zero-order valence-corrected chi connectivity index (χ0v) is 10.6. The van der Waals surface area contributed by atoms with Crippen molar-refractivity contribution in [2.45, 2.75) is 6.42 Å². The summed E-state index contributed by atoms with van der Waals surface area (Å²) in [6.07, 6.45) is 0.363. The van der Waals surface area contributed by atoms with Gasteiger partial charge in [-0.3, -0.25) is 4.79 Å². The molecule has 0 atom stereocenters. The molecule has 5 nitrogen and oxygen atoms in total. The fourth-order valence-corrected chi connectivity index (χ4v) is 2.18. The molecule has 3 aromatic rings. The van der Waals surface area contributed by atoms with E-state index in [-0.39, 0.29) is 11.3 Å².